The molecule has 0 spiro atoms. The number of benzene rings is 3. The molecule has 0 bridgehead atoms. The van der Waals surface area contributed by atoms with Gasteiger partial charge in [-0.15, -0.1) is 6.58 Å². The fourth-order valence-electron chi connectivity index (χ4n) is 8.86. The number of allylic oxidation sites excluding steroid dienone is 1. The molecule has 1 aromatic heterocycles. The Kier molecular flexibility index (Phi) is 14.4. The number of hydrogen-bond donors (Lipinski definition) is 2. The SMILES string of the molecule is C=CCO[C@@]12Oc3ccc(Oc4cccc([N+](=O)[O-])c4)cc3[C@H]3[C@H](CCCCO)[C@@H](CCCCO)C=C(C(=NOCc4ccccc4)C[C@@H]1SCCc1cnccn1)[C@H]32. The molecular formula is C46H52N4O8S. The summed E-state index contributed by atoms with van der Waals surface area (Å²) in [5.74, 6) is 0.921. The molecule has 6 atom stereocenters. The number of fused-ring (bicyclic) bond motifs is 2. The first-order chi connectivity index (χ1) is 28.9. The van der Waals surface area contributed by atoms with Crippen LogP contribution >= 0.6 is 11.8 Å². The summed E-state index contributed by atoms with van der Waals surface area (Å²) in [5.41, 5.74) is 4.68. The van der Waals surface area contributed by atoms with Crippen LogP contribution in [0.25, 0.3) is 0 Å². The molecule has 0 amide bonds. The van der Waals surface area contributed by atoms with E-state index in [1.54, 1.807) is 48.6 Å². The van der Waals surface area contributed by atoms with E-state index in [-0.39, 0.29) is 54.4 Å². The van der Waals surface area contributed by atoms with E-state index in [0.717, 1.165) is 59.5 Å². The van der Waals surface area contributed by atoms with E-state index < -0.39 is 10.7 Å². The minimum atomic E-state index is -1.13. The van der Waals surface area contributed by atoms with Crippen LogP contribution in [0.2, 0.25) is 0 Å². The highest BCUT2D eigenvalue weighted by Crippen LogP contribution is 2.62. The number of aromatic nitrogens is 2. The minimum Gasteiger partial charge on any atom is -0.460 e. The number of nitrogens with zero attached hydrogens (tertiary/aromatic N) is 4. The molecule has 3 aromatic carbocycles. The third kappa shape index (κ3) is 9.87. The maximum atomic E-state index is 11.6. The van der Waals surface area contributed by atoms with E-state index in [9.17, 15) is 20.3 Å². The van der Waals surface area contributed by atoms with Crippen LogP contribution in [0.4, 0.5) is 5.69 Å². The van der Waals surface area contributed by atoms with Crippen molar-refractivity contribution in [2.75, 3.05) is 25.6 Å². The number of oxime groups is 1. The molecule has 4 aromatic rings. The van der Waals surface area contributed by atoms with Gasteiger partial charge in [-0.3, -0.25) is 20.1 Å². The lowest BCUT2D eigenvalue weighted by molar-refractivity contribution is -0.384. The van der Waals surface area contributed by atoms with Crippen molar-refractivity contribution in [3.63, 3.8) is 0 Å². The molecule has 1 aliphatic heterocycles. The van der Waals surface area contributed by atoms with Crippen LogP contribution in [-0.4, -0.2) is 67.4 Å². The van der Waals surface area contributed by atoms with Gasteiger partial charge in [-0.2, -0.15) is 11.8 Å². The van der Waals surface area contributed by atoms with Gasteiger partial charge in [-0.1, -0.05) is 66.5 Å². The molecule has 13 heteroatoms. The number of hydrogen-bond acceptors (Lipinski definition) is 12. The van der Waals surface area contributed by atoms with E-state index >= 15 is 0 Å². The molecule has 2 aliphatic carbocycles. The zero-order valence-electron chi connectivity index (χ0n) is 33.1. The highest BCUT2D eigenvalue weighted by Gasteiger charge is 2.64. The summed E-state index contributed by atoms with van der Waals surface area (Å²) >= 11 is 1.77. The number of nitro benzene ring substituents is 1. The second-order valence-corrected chi connectivity index (χ2v) is 16.5. The van der Waals surface area contributed by atoms with Crippen molar-refractivity contribution in [2.24, 2.45) is 22.9 Å². The third-order valence-corrected chi connectivity index (χ3v) is 12.8. The fraction of sp³-hybridized carbons (Fsp3) is 0.413. The lowest BCUT2D eigenvalue weighted by Gasteiger charge is -2.58. The molecule has 7 rings (SSSR count). The first-order valence-electron chi connectivity index (χ1n) is 20.5. The van der Waals surface area contributed by atoms with Gasteiger partial charge in [0.25, 0.3) is 5.69 Å². The Morgan fingerprint density at radius 1 is 1.00 bits per heavy atom. The summed E-state index contributed by atoms with van der Waals surface area (Å²) in [5, 5.41) is 36.1. The van der Waals surface area contributed by atoms with Gasteiger partial charge in [-0.25, -0.2) is 0 Å². The van der Waals surface area contributed by atoms with E-state index in [1.807, 2.05) is 48.5 Å². The quantitative estimate of drug-likeness (QED) is 0.0358. The van der Waals surface area contributed by atoms with Crippen molar-refractivity contribution in [3.8, 4) is 17.2 Å². The summed E-state index contributed by atoms with van der Waals surface area (Å²) in [6.45, 7) is 4.82. The van der Waals surface area contributed by atoms with E-state index in [4.69, 9.17) is 24.2 Å². The maximum absolute atomic E-state index is 11.6. The van der Waals surface area contributed by atoms with E-state index in [2.05, 4.69) is 22.6 Å². The van der Waals surface area contributed by atoms with Gasteiger partial charge in [0.1, 0.15) is 23.9 Å². The van der Waals surface area contributed by atoms with Gasteiger partial charge in [-0.05, 0) is 78.7 Å². The Hall–Kier alpha value is -5.08. The number of aliphatic hydroxyl groups excluding tert-OH is 2. The van der Waals surface area contributed by atoms with Crippen molar-refractivity contribution in [1.82, 2.24) is 9.97 Å². The Balaban J connectivity index is 1.36. The summed E-state index contributed by atoms with van der Waals surface area (Å²) in [6, 6.07) is 21.9. The summed E-state index contributed by atoms with van der Waals surface area (Å²) in [6.07, 6.45) is 15.2. The largest absolute Gasteiger partial charge is 0.460 e. The maximum Gasteiger partial charge on any atom is 0.273 e. The van der Waals surface area contributed by atoms with Crippen LogP contribution in [0.3, 0.4) is 0 Å². The molecule has 59 heavy (non-hydrogen) atoms. The first-order valence-corrected chi connectivity index (χ1v) is 21.5. The molecule has 0 saturated heterocycles. The lowest BCUT2D eigenvalue weighted by atomic mass is 9.56. The van der Waals surface area contributed by atoms with Gasteiger partial charge in [0, 0.05) is 62.2 Å². The molecule has 0 radical (unpaired) electrons. The highest BCUT2D eigenvalue weighted by atomic mass is 32.2. The predicted molar refractivity (Wildman–Crippen MR) is 228 cm³/mol. The number of nitro groups is 1. The van der Waals surface area contributed by atoms with Crippen molar-refractivity contribution in [3.05, 3.63) is 143 Å². The van der Waals surface area contributed by atoms with Crippen LogP contribution in [0.5, 0.6) is 17.2 Å². The number of rotatable bonds is 21. The lowest BCUT2D eigenvalue weighted by Crippen LogP contribution is -2.64. The number of unbranched alkanes of at least 4 members (excludes halogenated alkanes) is 2. The summed E-state index contributed by atoms with van der Waals surface area (Å²) < 4.78 is 20.7. The fourth-order valence-corrected chi connectivity index (χ4v) is 10.2. The molecule has 3 aliphatic rings. The van der Waals surface area contributed by atoms with E-state index in [1.165, 1.54) is 12.1 Å². The predicted octanol–water partition coefficient (Wildman–Crippen LogP) is 8.99. The molecule has 2 N–H and O–H groups in total. The van der Waals surface area contributed by atoms with Crippen LogP contribution in [0, 0.1) is 27.9 Å². The van der Waals surface area contributed by atoms with Crippen molar-refractivity contribution >= 4 is 23.2 Å². The average Bonchev–Trinajstić information content (AvgIpc) is 3.26. The average molecular weight is 821 g/mol. The number of aryl methyl sites for hydroxylation is 1. The summed E-state index contributed by atoms with van der Waals surface area (Å²) in [4.78, 5) is 26.2. The van der Waals surface area contributed by atoms with Crippen molar-refractivity contribution < 1.29 is 34.2 Å². The Morgan fingerprint density at radius 3 is 2.58 bits per heavy atom. The Bertz CT molecular complexity index is 2090. The highest BCUT2D eigenvalue weighted by molar-refractivity contribution is 8.00. The molecule has 12 nitrogen and oxygen atoms in total. The zero-order valence-corrected chi connectivity index (χ0v) is 34.0. The molecule has 0 unspecified atom stereocenters. The van der Waals surface area contributed by atoms with Crippen LogP contribution in [-0.2, 0) is 22.6 Å². The molecule has 1 fully saturated rings. The second kappa shape index (κ2) is 20.3. The van der Waals surface area contributed by atoms with Crippen LogP contribution in [0.1, 0.15) is 67.7 Å². The normalized spacial score (nSPS) is 23.7. The summed E-state index contributed by atoms with van der Waals surface area (Å²) in [7, 11) is 0. The number of thioether (sulfide) groups is 1. The zero-order chi connectivity index (χ0) is 41.0. The standard InChI is InChI=1S/C46H52N4O8S/c1-2-24-55-46-43(59-25-19-34-30-47-20-21-48-34)29-41(49-56-31-32-11-4-3-5-12-32)39-26-33(13-6-8-22-51)38(16-7-9-23-52)44(45(39)46)40-28-37(17-18-42(40)58-46)57-36-15-10-14-35(27-36)50(53)54/h2-5,10-12,14-15,17-18,20-21,26-28,30,33,38,43-45,51-52H,1,6-9,13,16,19,22-25,29,31H2/t33-,38+,43-,44+,45+,46+/m0/s1. The molecular weight excluding hydrogens is 769 g/mol. The van der Waals surface area contributed by atoms with Gasteiger partial charge < -0.3 is 29.3 Å². The molecule has 1 saturated carbocycles. The van der Waals surface area contributed by atoms with Crippen molar-refractivity contribution in [2.45, 2.75) is 74.9 Å². The second-order valence-electron chi connectivity index (χ2n) is 15.2. The molecule has 2 heterocycles. The third-order valence-electron chi connectivity index (χ3n) is 11.4. The molecule has 310 valence electrons. The van der Waals surface area contributed by atoms with Gasteiger partial charge in [0.2, 0.25) is 5.79 Å². The number of aliphatic hydroxyl groups is 2. The van der Waals surface area contributed by atoms with Gasteiger partial charge >= 0.3 is 0 Å². The number of ether oxygens (including phenoxy) is 3. The van der Waals surface area contributed by atoms with E-state index in [0.29, 0.717) is 49.5 Å². The monoisotopic (exact) mass is 820 g/mol. The minimum absolute atomic E-state index is 0.0592. The van der Waals surface area contributed by atoms with Crippen LogP contribution < -0.4 is 9.47 Å². The van der Waals surface area contributed by atoms with Gasteiger partial charge in [0.05, 0.1) is 40.2 Å². The van der Waals surface area contributed by atoms with Crippen molar-refractivity contribution in [1.29, 1.82) is 0 Å². The Labute approximate surface area is 349 Å². The first kappa shape index (κ1) is 42.1. The van der Waals surface area contributed by atoms with Gasteiger partial charge in [0.15, 0.2) is 0 Å². The topological polar surface area (TPSA) is 159 Å². The smallest absolute Gasteiger partial charge is 0.273 e. The Morgan fingerprint density at radius 2 is 1.81 bits per heavy atom. The van der Waals surface area contributed by atoms with Crippen LogP contribution in [0.15, 0.2) is 121 Å². The number of non-ortho nitro benzene ring substituents is 1.